The molecule has 0 aromatic heterocycles. The lowest BCUT2D eigenvalue weighted by atomic mass is 10.1. The van der Waals surface area contributed by atoms with E-state index in [0.717, 1.165) is 4.90 Å². The molecular formula is C25H19ClN2O5S. The Kier molecular flexibility index (Phi) is 7.30. The molecule has 0 radical (unpaired) electrons. The number of ketones is 1. The van der Waals surface area contributed by atoms with Gasteiger partial charge in [-0.15, -0.1) is 11.8 Å². The molecule has 0 bridgehead atoms. The average Bonchev–Trinajstić information content (AvgIpc) is 2.84. The number of esters is 1. The fraction of sp³-hybridized carbons (Fsp3) is 0.120. The molecule has 2 amide bonds. The van der Waals surface area contributed by atoms with Crippen LogP contribution in [0.3, 0.4) is 0 Å². The molecule has 9 heteroatoms. The van der Waals surface area contributed by atoms with E-state index in [1.165, 1.54) is 11.8 Å². The fourth-order valence-corrected chi connectivity index (χ4v) is 4.48. The molecule has 3 aromatic rings. The molecule has 34 heavy (non-hydrogen) atoms. The van der Waals surface area contributed by atoms with Crippen molar-refractivity contribution in [2.24, 2.45) is 0 Å². The standard InChI is InChI=1S/C25H19ClN2O5S/c26-17-8-11-21-19(12-17)28-25(32)22(34-21)13-23(30)33-14-20(29)15-6-9-18(10-7-15)27-24(31)16-4-2-1-3-5-16/h1-12,22H,13-14H2,(H,27,31)(H,28,32)/t22-/m0/s1. The Morgan fingerprint density at radius 3 is 2.44 bits per heavy atom. The molecule has 0 saturated heterocycles. The number of halogens is 1. The molecule has 0 aliphatic carbocycles. The number of anilines is 2. The van der Waals surface area contributed by atoms with Gasteiger partial charge in [-0.1, -0.05) is 29.8 Å². The molecule has 2 N–H and O–H groups in total. The first-order valence-electron chi connectivity index (χ1n) is 10.3. The van der Waals surface area contributed by atoms with Crippen molar-refractivity contribution in [2.45, 2.75) is 16.6 Å². The summed E-state index contributed by atoms with van der Waals surface area (Å²) in [5, 5.41) is 5.32. The predicted octanol–water partition coefficient (Wildman–Crippen LogP) is 4.82. The quantitative estimate of drug-likeness (QED) is 0.360. The largest absolute Gasteiger partial charge is 0.457 e. The third kappa shape index (κ3) is 5.84. The van der Waals surface area contributed by atoms with Crippen molar-refractivity contribution in [3.63, 3.8) is 0 Å². The second kappa shape index (κ2) is 10.5. The number of carbonyl (C=O) groups is 4. The van der Waals surface area contributed by atoms with Crippen LogP contribution in [0.25, 0.3) is 0 Å². The van der Waals surface area contributed by atoms with Crippen molar-refractivity contribution in [1.82, 2.24) is 0 Å². The summed E-state index contributed by atoms with van der Waals surface area (Å²) < 4.78 is 5.10. The van der Waals surface area contributed by atoms with Crippen LogP contribution in [0, 0.1) is 0 Å². The summed E-state index contributed by atoms with van der Waals surface area (Å²) in [7, 11) is 0. The lowest BCUT2D eigenvalue weighted by molar-refractivity contribution is -0.143. The van der Waals surface area contributed by atoms with Gasteiger partial charge in [-0.3, -0.25) is 19.2 Å². The number of fused-ring (bicyclic) bond motifs is 1. The molecule has 1 aliphatic rings. The summed E-state index contributed by atoms with van der Waals surface area (Å²) in [6.07, 6.45) is -0.170. The van der Waals surface area contributed by atoms with Crippen molar-refractivity contribution in [1.29, 1.82) is 0 Å². The highest BCUT2D eigenvalue weighted by atomic mass is 35.5. The molecule has 0 fully saturated rings. The zero-order valence-electron chi connectivity index (χ0n) is 17.7. The molecule has 1 atom stereocenters. The van der Waals surface area contributed by atoms with Gasteiger partial charge in [-0.25, -0.2) is 0 Å². The zero-order chi connectivity index (χ0) is 24.1. The summed E-state index contributed by atoms with van der Waals surface area (Å²) >= 11 is 7.18. The van der Waals surface area contributed by atoms with Crippen molar-refractivity contribution in [3.05, 3.63) is 88.9 Å². The van der Waals surface area contributed by atoms with Crippen LogP contribution >= 0.6 is 23.4 Å². The van der Waals surface area contributed by atoms with Gasteiger partial charge in [-0.2, -0.15) is 0 Å². The van der Waals surface area contributed by atoms with E-state index >= 15 is 0 Å². The van der Waals surface area contributed by atoms with Gasteiger partial charge in [0.2, 0.25) is 5.91 Å². The summed E-state index contributed by atoms with van der Waals surface area (Å²) in [6, 6.07) is 20.2. The van der Waals surface area contributed by atoms with Gasteiger partial charge in [0.1, 0.15) is 0 Å². The van der Waals surface area contributed by atoms with E-state index in [1.54, 1.807) is 66.7 Å². The van der Waals surface area contributed by atoms with E-state index < -0.39 is 23.6 Å². The Labute approximate surface area is 204 Å². The molecule has 1 aliphatic heterocycles. The molecule has 0 saturated carbocycles. The van der Waals surface area contributed by atoms with Crippen LogP contribution in [-0.4, -0.2) is 35.4 Å². The number of Topliss-reactive ketones (excluding diaryl/α,β-unsaturated/α-hetero) is 1. The zero-order valence-corrected chi connectivity index (χ0v) is 19.3. The number of carbonyl (C=O) groups excluding carboxylic acids is 4. The number of rotatable bonds is 7. The molecule has 4 rings (SSSR count). The second-order valence-electron chi connectivity index (χ2n) is 7.42. The molecule has 0 unspecified atom stereocenters. The smallest absolute Gasteiger partial charge is 0.307 e. The lowest BCUT2D eigenvalue weighted by Gasteiger charge is -2.23. The topological polar surface area (TPSA) is 102 Å². The lowest BCUT2D eigenvalue weighted by Crippen LogP contribution is -2.31. The monoisotopic (exact) mass is 494 g/mol. The first-order valence-corrected chi connectivity index (χ1v) is 11.6. The molecule has 0 spiro atoms. The highest BCUT2D eigenvalue weighted by molar-refractivity contribution is 8.01. The third-order valence-electron chi connectivity index (χ3n) is 4.98. The van der Waals surface area contributed by atoms with E-state index in [9.17, 15) is 19.2 Å². The molecule has 1 heterocycles. The number of hydrogen-bond acceptors (Lipinski definition) is 6. The van der Waals surface area contributed by atoms with Crippen LogP contribution in [0.15, 0.2) is 77.7 Å². The normalized spacial score (nSPS) is 14.5. The SMILES string of the molecule is O=C(C[C@@H]1Sc2ccc(Cl)cc2NC1=O)OCC(=O)c1ccc(NC(=O)c2ccccc2)cc1. The first kappa shape index (κ1) is 23.5. The second-order valence-corrected chi connectivity index (χ2v) is 9.10. The average molecular weight is 495 g/mol. The Morgan fingerprint density at radius 1 is 0.971 bits per heavy atom. The Morgan fingerprint density at radius 2 is 1.71 bits per heavy atom. The minimum Gasteiger partial charge on any atom is -0.457 e. The Hall–Kier alpha value is -3.62. The fourth-order valence-electron chi connectivity index (χ4n) is 3.23. The van der Waals surface area contributed by atoms with E-state index in [0.29, 0.717) is 27.5 Å². The maximum atomic E-state index is 12.4. The van der Waals surface area contributed by atoms with Crippen LogP contribution in [0.1, 0.15) is 27.1 Å². The first-order chi connectivity index (χ1) is 16.4. The summed E-state index contributed by atoms with van der Waals surface area (Å²) in [4.78, 5) is 49.9. The highest BCUT2D eigenvalue weighted by Gasteiger charge is 2.30. The van der Waals surface area contributed by atoms with Crippen molar-refractivity contribution >= 4 is 58.3 Å². The maximum absolute atomic E-state index is 12.4. The van der Waals surface area contributed by atoms with Crippen LogP contribution in [0.5, 0.6) is 0 Å². The third-order valence-corrected chi connectivity index (χ3v) is 6.49. The van der Waals surface area contributed by atoms with Crippen molar-refractivity contribution < 1.29 is 23.9 Å². The number of ether oxygens (including phenoxy) is 1. The number of thioether (sulfide) groups is 1. The van der Waals surface area contributed by atoms with Crippen LogP contribution in [0.4, 0.5) is 11.4 Å². The van der Waals surface area contributed by atoms with Crippen molar-refractivity contribution in [2.75, 3.05) is 17.2 Å². The van der Waals surface area contributed by atoms with E-state index in [1.807, 2.05) is 6.07 Å². The number of nitrogens with one attached hydrogen (secondary N) is 2. The van der Waals surface area contributed by atoms with Crippen molar-refractivity contribution in [3.8, 4) is 0 Å². The van der Waals surface area contributed by atoms with Gasteiger partial charge in [0.05, 0.1) is 17.4 Å². The molecular weight excluding hydrogens is 476 g/mol. The van der Waals surface area contributed by atoms with E-state index in [-0.39, 0.29) is 18.2 Å². The van der Waals surface area contributed by atoms with Crippen LogP contribution in [-0.2, 0) is 14.3 Å². The summed E-state index contributed by atoms with van der Waals surface area (Å²) in [5.74, 6) is -1.62. The van der Waals surface area contributed by atoms with Gasteiger partial charge in [0.15, 0.2) is 12.4 Å². The molecule has 172 valence electrons. The van der Waals surface area contributed by atoms with E-state index in [4.69, 9.17) is 16.3 Å². The Bertz CT molecular complexity index is 1250. The van der Waals surface area contributed by atoms with Gasteiger partial charge in [-0.05, 0) is 54.6 Å². The minimum absolute atomic E-state index is 0.170. The van der Waals surface area contributed by atoms with Gasteiger partial charge in [0, 0.05) is 26.7 Å². The highest BCUT2D eigenvalue weighted by Crippen LogP contribution is 2.38. The predicted molar refractivity (Wildman–Crippen MR) is 130 cm³/mol. The number of amides is 2. The number of benzene rings is 3. The minimum atomic E-state index is -0.663. The van der Waals surface area contributed by atoms with Crippen LogP contribution < -0.4 is 10.6 Å². The molecule has 3 aromatic carbocycles. The summed E-state index contributed by atoms with van der Waals surface area (Å²) in [6.45, 7) is -0.445. The van der Waals surface area contributed by atoms with Gasteiger partial charge < -0.3 is 15.4 Å². The van der Waals surface area contributed by atoms with Gasteiger partial charge >= 0.3 is 5.97 Å². The number of hydrogen-bond donors (Lipinski definition) is 2. The van der Waals surface area contributed by atoms with Gasteiger partial charge in [0.25, 0.3) is 5.91 Å². The molecule has 7 nitrogen and oxygen atoms in total. The van der Waals surface area contributed by atoms with Crippen LogP contribution in [0.2, 0.25) is 5.02 Å². The van der Waals surface area contributed by atoms with E-state index in [2.05, 4.69) is 10.6 Å². The maximum Gasteiger partial charge on any atom is 0.307 e. The summed E-state index contributed by atoms with van der Waals surface area (Å²) in [5.41, 5.74) is 1.99. The Balaban J connectivity index is 1.27.